The number of furan rings is 2. The van der Waals surface area contributed by atoms with Crippen molar-refractivity contribution in [3.8, 4) is 33.4 Å². The van der Waals surface area contributed by atoms with Crippen molar-refractivity contribution in [3.05, 3.63) is 200 Å². The predicted octanol–water partition coefficient (Wildman–Crippen LogP) is 15.1. The SMILES string of the molecule is c1ccc(-c2cccc3c2oc2c(N(c4ccc(-c5cccc6ccccc56)cc4)c4cccc(-c5ccc6oc7ccccc7c6c5)c4)cccc23)cc1. The van der Waals surface area contributed by atoms with Gasteiger partial charge in [-0.3, -0.25) is 0 Å². The Balaban J connectivity index is 1.10. The first-order chi connectivity index (χ1) is 27.3. The van der Waals surface area contributed by atoms with Crippen LogP contribution in [0.4, 0.5) is 17.1 Å². The van der Waals surface area contributed by atoms with Crippen molar-refractivity contribution < 1.29 is 8.83 Å². The van der Waals surface area contributed by atoms with Crippen molar-refractivity contribution in [2.45, 2.75) is 0 Å². The third-order valence-corrected chi connectivity index (χ3v) is 10.9. The topological polar surface area (TPSA) is 29.5 Å². The fraction of sp³-hybridized carbons (Fsp3) is 0. The summed E-state index contributed by atoms with van der Waals surface area (Å²) in [6, 6.07) is 70.9. The van der Waals surface area contributed by atoms with Gasteiger partial charge in [0, 0.05) is 38.5 Å². The molecule has 0 aliphatic rings. The fourth-order valence-electron chi connectivity index (χ4n) is 8.25. The number of nitrogens with zero attached hydrogens (tertiary/aromatic N) is 1. The quantitative estimate of drug-likeness (QED) is 0.173. The minimum atomic E-state index is 0.843. The number of para-hydroxylation sites is 3. The molecule has 2 heterocycles. The van der Waals surface area contributed by atoms with Gasteiger partial charge in [-0.2, -0.15) is 0 Å². The molecule has 0 atom stereocenters. The number of anilines is 3. The van der Waals surface area contributed by atoms with Crippen molar-refractivity contribution in [1.82, 2.24) is 0 Å². The lowest BCUT2D eigenvalue weighted by Crippen LogP contribution is -2.10. The van der Waals surface area contributed by atoms with Crippen LogP contribution in [0.15, 0.2) is 209 Å². The van der Waals surface area contributed by atoms with Crippen LogP contribution in [-0.2, 0) is 0 Å². The van der Waals surface area contributed by atoms with E-state index in [1.807, 2.05) is 18.2 Å². The third kappa shape index (κ3) is 5.20. The van der Waals surface area contributed by atoms with Gasteiger partial charge in [0.25, 0.3) is 0 Å². The monoisotopic (exact) mass is 703 g/mol. The zero-order valence-corrected chi connectivity index (χ0v) is 29.8. The molecule has 0 saturated carbocycles. The third-order valence-electron chi connectivity index (χ3n) is 10.9. The maximum atomic E-state index is 6.98. The second kappa shape index (κ2) is 12.6. The Morgan fingerprint density at radius 1 is 0.309 bits per heavy atom. The molecule has 0 aliphatic carbocycles. The van der Waals surface area contributed by atoms with Gasteiger partial charge in [-0.1, -0.05) is 152 Å². The summed E-state index contributed by atoms with van der Waals surface area (Å²) in [5, 5.41) is 6.88. The van der Waals surface area contributed by atoms with E-state index in [0.29, 0.717) is 0 Å². The lowest BCUT2D eigenvalue weighted by molar-refractivity contribution is 0.669. The molecule has 3 nitrogen and oxygen atoms in total. The van der Waals surface area contributed by atoms with Crippen LogP contribution in [0, 0.1) is 0 Å². The zero-order valence-electron chi connectivity index (χ0n) is 29.8. The summed E-state index contributed by atoms with van der Waals surface area (Å²) in [6.07, 6.45) is 0. The van der Waals surface area contributed by atoms with Crippen molar-refractivity contribution in [1.29, 1.82) is 0 Å². The Kier molecular flexibility index (Phi) is 7.17. The highest BCUT2D eigenvalue weighted by Crippen LogP contribution is 2.45. The van der Waals surface area contributed by atoms with E-state index < -0.39 is 0 Å². The van der Waals surface area contributed by atoms with Crippen LogP contribution >= 0.6 is 0 Å². The maximum Gasteiger partial charge on any atom is 0.159 e. The van der Waals surface area contributed by atoms with E-state index in [4.69, 9.17) is 8.83 Å². The number of fused-ring (bicyclic) bond motifs is 7. The van der Waals surface area contributed by atoms with Crippen LogP contribution in [0.5, 0.6) is 0 Å². The van der Waals surface area contributed by atoms with Crippen molar-refractivity contribution in [2.24, 2.45) is 0 Å². The Morgan fingerprint density at radius 3 is 1.80 bits per heavy atom. The molecule has 0 amide bonds. The molecule has 55 heavy (non-hydrogen) atoms. The van der Waals surface area contributed by atoms with Gasteiger partial charge in [0.2, 0.25) is 0 Å². The van der Waals surface area contributed by atoms with Gasteiger partial charge in [0.1, 0.15) is 16.7 Å². The molecule has 0 radical (unpaired) electrons. The minimum absolute atomic E-state index is 0.843. The average Bonchev–Trinajstić information content (AvgIpc) is 3.83. The summed E-state index contributed by atoms with van der Waals surface area (Å²) in [5.74, 6) is 0. The van der Waals surface area contributed by atoms with Gasteiger partial charge < -0.3 is 13.7 Å². The molecule has 0 fully saturated rings. The first-order valence-electron chi connectivity index (χ1n) is 18.7. The first kappa shape index (κ1) is 31.2. The summed E-state index contributed by atoms with van der Waals surface area (Å²) < 4.78 is 13.1. The van der Waals surface area contributed by atoms with Gasteiger partial charge >= 0.3 is 0 Å². The van der Waals surface area contributed by atoms with Gasteiger partial charge in [0.15, 0.2) is 5.58 Å². The highest BCUT2D eigenvalue weighted by Gasteiger charge is 2.21. The number of benzene rings is 9. The molecule has 0 spiro atoms. The molecule has 11 aromatic rings. The largest absolute Gasteiger partial charge is 0.456 e. The van der Waals surface area contributed by atoms with E-state index in [0.717, 1.165) is 83.2 Å². The molecule has 9 aromatic carbocycles. The van der Waals surface area contributed by atoms with E-state index in [9.17, 15) is 0 Å². The maximum absolute atomic E-state index is 6.98. The number of rotatable bonds is 6. The molecule has 258 valence electrons. The van der Waals surface area contributed by atoms with Crippen LogP contribution in [-0.4, -0.2) is 0 Å². The van der Waals surface area contributed by atoms with Gasteiger partial charge in [-0.25, -0.2) is 0 Å². The molecular weight excluding hydrogens is 671 g/mol. The molecular formula is C52H33NO2. The van der Waals surface area contributed by atoms with Crippen LogP contribution in [0.25, 0.3) is 88.0 Å². The Hall–Kier alpha value is -7.36. The second-order valence-corrected chi connectivity index (χ2v) is 14.1. The molecule has 0 aliphatic heterocycles. The molecule has 3 heteroatoms. The second-order valence-electron chi connectivity index (χ2n) is 14.1. The summed E-state index contributed by atoms with van der Waals surface area (Å²) in [5.41, 5.74) is 13.4. The highest BCUT2D eigenvalue weighted by atomic mass is 16.3. The van der Waals surface area contributed by atoms with Crippen LogP contribution < -0.4 is 4.90 Å². The zero-order chi connectivity index (χ0) is 36.3. The molecule has 0 bridgehead atoms. The molecule has 2 aromatic heterocycles. The Bertz CT molecular complexity index is 3200. The smallest absolute Gasteiger partial charge is 0.159 e. The minimum Gasteiger partial charge on any atom is -0.456 e. The Morgan fingerprint density at radius 2 is 0.909 bits per heavy atom. The van der Waals surface area contributed by atoms with Crippen molar-refractivity contribution in [3.63, 3.8) is 0 Å². The summed E-state index contributed by atoms with van der Waals surface area (Å²) in [4.78, 5) is 2.33. The van der Waals surface area contributed by atoms with E-state index in [1.54, 1.807) is 0 Å². The van der Waals surface area contributed by atoms with Gasteiger partial charge in [0.05, 0.1) is 5.69 Å². The average molecular weight is 704 g/mol. The molecule has 0 N–H and O–H groups in total. The van der Waals surface area contributed by atoms with Gasteiger partial charge in [-0.15, -0.1) is 0 Å². The first-order valence-corrected chi connectivity index (χ1v) is 18.7. The normalized spacial score (nSPS) is 11.6. The van der Waals surface area contributed by atoms with Crippen molar-refractivity contribution in [2.75, 3.05) is 4.90 Å². The summed E-state index contributed by atoms with van der Waals surface area (Å²) in [7, 11) is 0. The van der Waals surface area contributed by atoms with E-state index in [2.05, 4.69) is 187 Å². The fourth-order valence-corrected chi connectivity index (χ4v) is 8.25. The molecule has 0 unspecified atom stereocenters. The van der Waals surface area contributed by atoms with E-state index >= 15 is 0 Å². The van der Waals surface area contributed by atoms with Crippen LogP contribution in [0.1, 0.15) is 0 Å². The highest BCUT2D eigenvalue weighted by molar-refractivity contribution is 6.14. The summed E-state index contributed by atoms with van der Waals surface area (Å²) >= 11 is 0. The lowest BCUT2D eigenvalue weighted by atomic mass is 9.98. The van der Waals surface area contributed by atoms with Crippen LogP contribution in [0.3, 0.4) is 0 Å². The summed E-state index contributed by atoms with van der Waals surface area (Å²) in [6.45, 7) is 0. The molecule has 0 saturated heterocycles. The standard InChI is InChI=1S/C52H33NO2/c1-2-12-35(13-3-1)43-21-10-22-45-46-23-11-24-48(52(46)55-51(43)45)53(39-29-26-36(27-30-39)42-20-9-15-34-14-4-5-18-41(34)42)40-17-8-16-37(32-40)38-28-31-50-47(33-38)44-19-6-7-25-49(44)54-50/h1-33H. The lowest BCUT2D eigenvalue weighted by Gasteiger charge is -2.26. The Labute approximate surface area is 317 Å². The van der Waals surface area contributed by atoms with Crippen LogP contribution in [0.2, 0.25) is 0 Å². The predicted molar refractivity (Wildman–Crippen MR) is 229 cm³/mol. The number of hydrogen-bond donors (Lipinski definition) is 0. The molecule has 11 rings (SSSR count). The van der Waals surface area contributed by atoms with Crippen molar-refractivity contribution >= 4 is 71.7 Å². The van der Waals surface area contributed by atoms with E-state index in [-0.39, 0.29) is 0 Å². The number of hydrogen-bond acceptors (Lipinski definition) is 3. The van der Waals surface area contributed by atoms with Gasteiger partial charge in [-0.05, 0) is 87.1 Å². The van der Waals surface area contributed by atoms with E-state index in [1.165, 1.54) is 21.9 Å².